The Bertz CT molecular complexity index is 566. The molecule has 112 valence electrons. The lowest BCUT2D eigenvalue weighted by molar-refractivity contribution is 0.0832. The summed E-state index contributed by atoms with van der Waals surface area (Å²) in [4.78, 5) is 4.30. The second-order valence-electron chi connectivity index (χ2n) is 5.73. The summed E-state index contributed by atoms with van der Waals surface area (Å²) in [7, 11) is 0. The number of hydrogen-bond acceptors (Lipinski definition) is 3. The van der Waals surface area contributed by atoms with Crippen molar-refractivity contribution in [1.82, 2.24) is 9.55 Å². The molecule has 1 aromatic heterocycles. The molecule has 3 atom stereocenters. The summed E-state index contributed by atoms with van der Waals surface area (Å²) in [5.41, 5.74) is 8.60. The molecule has 4 nitrogen and oxygen atoms in total. The zero-order chi connectivity index (χ0) is 14.7. The average Bonchev–Trinajstić information content (AvgIpc) is 3.17. The van der Waals surface area contributed by atoms with Gasteiger partial charge in [0.25, 0.3) is 0 Å². The van der Waals surface area contributed by atoms with Gasteiger partial charge in [0, 0.05) is 19.1 Å². The Morgan fingerprint density at radius 2 is 2.19 bits per heavy atom. The molecule has 1 fully saturated rings. The van der Waals surface area contributed by atoms with Crippen LogP contribution in [-0.2, 0) is 11.3 Å². The second kappa shape index (κ2) is 6.41. The van der Waals surface area contributed by atoms with Gasteiger partial charge in [-0.25, -0.2) is 4.98 Å². The van der Waals surface area contributed by atoms with Crippen LogP contribution in [0.4, 0.5) is 0 Å². The number of nitrogens with two attached hydrogens (primary N) is 1. The van der Waals surface area contributed by atoms with Crippen LogP contribution in [0.3, 0.4) is 0 Å². The summed E-state index contributed by atoms with van der Waals surface area (Å²) < 4.78 is 7.98. The molecule has 0 aliphatic carbocycles. The van der Waals surface area contributed by atoms with E-state index in [1.54, 1.807) is 0 Å². The highest BCUT2D eigenvalue weighted by Crippen LogP contribution is 2.27. The van der Waals surface area contributed by atoms with E-state index < -0.39 is 0 Å². The number of aromatic nitrogens is 2. The Labute approximate surface area is 125 Å². The van der Waals surface area contributed by atoms with Gasteiger partial charge < -0.3 is 15.0 Å². The van der Waals surface area contributed by atoms with Crippen molar-refractivity contribution in [2.24, 2.45) is 11.7 Å². The fourth-order valence-corrected chi connectivity index (χ4v) is 3.18. The lowest BCUT2D eigenvalue weighted by Crippen LogP contribution is -2.23. The summed E-state index contributed by atoms with van der Waals surface area (Å²) in [6, 6.07) is 10.1. The molecule has 3 unspecified atom stereocenters. The lowest BCUT2D eigenvalue weighted by atomic mass is 9.99. The summed E-state index contributed by atoms with van der Waals surface area (Å²) in [6.45, 7) is 4.00. The van der Waals surface area contributed by atoms with Crippen LogP contribution in [0, 0.1) is 5.92 Å². The number of hydrogen-bond donors (Lipinski definition) is 1. The van der Waals surface area contributed by atoms with Gasteiger partial charge in [0.1, 0.15) is 0 Å². The predicted octanol–water partition coefficient (Wildman–Crippen LogP) is 2.75. The van der Waals surface area contributed by atoms with E-state index in [1.807, 2.05) is 30.7 Å². The smallest absolute Gasteiger partial charge is 0.0948 e. The van der Waals surface area contributed by atoms with Crippen LogP contribution in [0.2, 0.25) is 0 Å². The van der Waals surface area contributed by atoms with Crippen molar-refractivity contribution < 1.29 is 4.74 Å². The topological polar surface area (TPSA) is 53.1 Å². The van der Waals surface area contributed by atoms with Crippen molar-refractivity contribution in [3.63, 3.8) is 0 Å². The van der Waals surface area contributed by atoms with Gasteiger partial charge in [-0.1, -0.05) is 37.3 Å². The highest BCUT2D eigenvalue weighted by Gasteiger charge is 2.28. The molecule has 1 saturated heterocycles. The van der Waals surface area contributed by atoms with Crippen LogP contribution in [-0.4, -0.2) is 22.3 Å². The minimum absolute atomic E-state index is 0.129. The van der Waals surface area contributed by atoms with E-state index in [4.69, 9.17) is 10.5 Å². The van der Waals surface area contributed by atoms with Crippen molar-refractivity contribution >= 4 is 0 Å². The zero-order valence-electron chi connectivity index (χ0n) is 12.5. The minimum atomic E-state index is -0.129. The highest BCUT2D eigenvalue weighted by atomic mass is 16.5. The molecule has 2 heterocycles. The SMILES string of the molecule is CCC1OCCC1Cn1cncc1C(N)c1ccccc1. The van der Waals surface area contributed by atoms with Gasteiger partial charge in [0.15, 0.2) is 0 Å². The Morgan fingerprint density at radius 3 is 2.95 bits per heavy atom. The van der Waals surface area contributed by atoms with Gasteiger partial charge in [-0.05, 0) is 18.4 Å². The van der Waals surface area contributed by atoms with Crippen molar-refractivity contribution in [1.29, 1.82) is 0 Å². The van der Waals surface area contributed by atoms with Gasteiger partial charge in [0.2, 0.25) is 0 Å². The lowest BCUT2D eigenvalue weighted by Gasteiger charge is -2.20. The Hall–Kier alpha value is -1.65. The predicted molar refractivity (Wildman–Crippen MR) is 82.8 cm³/mol. The van der Waals surface area contributed by atoms with Crippen molar-refractivity contribution in [3.8, 4) is 0 Å². The standard InChI is InChI=1S/C17H23N3O/c1-2-16-14(8-9-21-16)11-20-12-19-10-15(20)17(18)13-6-4-3-5-7-13/h3-7,10,12,14,16-17H,2,8-9,11,18H2,1H3. The first-order chi connectivity index (χ1) is 10.3. The van der Waals surface area contributed by atoms with E-state index in [1.165, 1.54) is 0 Å². The molecule has 4 heteroatoms. The largest absolute Gasteiger partial charge is 0.378 e. The fourth-order valence-electron chi connectivity index (χ4n) is 3.18. The molecule has 0 radical (unpaired) electrons. The molecule has 3 rings (SSSR count). The molecule has 0 amide bonds. The van der Waals surface area contributed by atoms with Gasteiger partial charge in [-0.2, -0.15) is 0 Å². The van der Waals surface area contributed by atoms with Crippen LogP contribution < -0.4 is 5.73 Å². The number of benzene rings is 1. The van der Waals surface area contributed by atoms with Crippen molar-refractivity contribution in [2.75, 3.05) is 6.61 Å². The van der Waals surface area contributed by atoms with Crippen LogP contribution in [0.5, 0.6) is 0 Å². The van der Waals surface area contributed by atoms with Gasteiger partial charge in [-0.15, -0.1) is 0 Å². The van der Waals surface area contributed by atoms with Crippen LogP contribution in [0.15, 0.2) is 42.9 Å². The first-order valence-corrected chi connectivity index (χ1v) is 7.71. The quantitative estimate of drug-likeness (QED) is 0.919. The first-order valence-electron chi connectivity index (χ1n) is 7.71. The molecule has 2 N–H and O–H groups in total. The van der Waals surface area contributed by atoms with E-state index in [0.717, 1.165) is 37.3 Å². The molecule has 21 heavy (non-hydrogen) atoms. The van der Waals surface area contributed by atoms with Crippen LogP contribution in [0.1, 0.15) is 37.1 Å². The van der Waals surface area contributed by atoms with E-state index in [9.17, 15) is 0 Å². The molecule has 1 aromatic carbocycles. The molecule has 0 spiro atoms. The van der Waals surface area contributed by atoms with Gasteiger partial charge in [-0.3, -0.25) is 0 Å². The Balaban J connectivity index is 1.78. The van der Waals surface area contributed by atoms with Crippen LogP contribution >= 0.6 is 0 Å². The summed E-state index contributed by atoms with van der Waals surface area (Å²) in [6.07, 6.45) is 6.33. The molecular weight excluding hydrogens is 262 g/mol. The monoisotopic (exact) mass is 285 g/mol. The van der Waals surface area contributed by atoms with Crippen molar-refractivity contribution in [3.05, 3.63) is 54.1 Å². The molecule has 0 saturated carbocycles. The highest BCUT2D eigenvalue weighted by molar-refractivity contribution is 5.26. The Kier molecular flexibility index (Phi) is 4.36. The maximum absolute atomic E-state index is 6.41. The molecule has 2 aromatic rings. The van der Waals surface area contributed by atoms with E-state index in [-0.39, 0.29) is 6.04 Å². The Morgan fingerprint density at radius 1 is 1.38 bits per heavy atom. The maximum atomic E-state index is 6.41. The molecular formula is C17H23N3O. The first kappa shape index (κ1) is 14.3. The van der Waals surface area contributed by atoms with Gasteiger partial charge in [0.05, 0.1) is 30.4 Å². The van der Waals surface area contributed by atoms with E-state index in [0.29, 0.717) is 12.0 Å². The normalized spacial score (nSPS) is 23.3. The average molecular weight is 285 g/mol. The summed E-state index contributed by atoms with van der Waals surface area (Å²) in [5.74, 6) is 0.561. The van der Waals surface area contributed by atoms with Crippen LogP contribution in [0.25, 0.3) is 0 Å². The summed E-state index contributed by atoms with van der Waals surface area (Å²) in [5, 5.41) is 0. The molecule has 1 aliphatic heterocycles. The third-order valence-corrected chi connectivity index (χ3v) is 4.40. The minimum Gasteiger partial charge on any atom is -0.378 e. The van der Waals surface area contributed by atoms with Gasteiger partial charge >= 0.3 is 0 Å². The third kappa shape index (κ3) is 3.01. The number of imidazole rings is 1. The fraction of sp³-hybridized carbons (Fsp3) is 0.471. The second-order valence-corrected chi connectivity index (χ2v) is 5.73. The maximum Gasteiger partial charge on any atom is 0.0948 e. The van der Waals surface area contributed by atoms with E-state index in [2.05, 4.69) is 28.6 Å². The third-order valence-electron chi connectivity index (χ3n) is 4.40. The summed E-state index contributed by atoms with van der Waals surface area (Å²) >= 11 is 0. The zero-order valence-corrected chi connectivity index (χ0v) is 12.5. The number of nitrogens with zero attached hydrogens (tertiary/aromatic N) is 2. The molecule has 1 aliphatic rings. The number of rotatable bonds is 5. The van der Waals surface area contributed by atoms with Crippen molar-refractivity contribution in [2.45, 2.75) is 38.5 Å². The molecule has 0 bridgehead atoms. The number of ether oxygens (including phenoxy) is 1. The van der Waals surface area contributed by atoms with E-state index >= 15 is 0 Å².